The number of unbranched alkanes of at least 4 members (excludes halogenated alkanes) is 1. The Balaban J connectivity index is 1.81. The van der Waals surface area contributed by atoms with Crippen molar-refractivity contribution in [2.24, 2.45) is 11.8 Å². The van der Waals surface area contributed by atoms with Crippen molar-refractivity contribution < 1.29 is 25.2 Å². The molecular formula is C21H30O5S. The summed E-state index contributed by atoms with van der Waals surface area (Å²) >= 11 is 1.68. The van der Waals surface area contributed by atoms with Gasteiger partial charge in [-0.3, -0.25) is 4.79 Å². The third-order valence-corrected chi connectivity index (χ3v) is 6.01. The van der Waals surface area contributed by atoms with Crippen LogP contribution in [0, 0.1) is 11.8 Å². The Kier molecular flexibility index (Phi) is 9.21. The van der Waals surface area contributed by atoms with Crippen molar-refractivity contribution in [2.75, 3.05) is 0 Å². The molecule has 1 aliphatic rings. The summed E-state index contributed by atoms with van der Waals surface area (Å²) in [6.45, 7) is 0. The summed E-state index contributed by atoms with van der Waals surface area (Å²) < 4.78 is 0. The second kappa shape index (κ2) is 11.4. The van der Waals surface area contributed by atoms with Crippen LogP contribution in [-0.4, -0.2) is 44.7 Å². The van der Waals surface area contributed by atoms with E-state index in [1.165, 1.54) is 4.88 Å². The maximum atomic E-state index is 10.5. The van der Waals surface area contributed by atoms with Gasteiger partial charge in [-0.15, -0.1) is 11.3 Å². The zero-order chi connectivity index (χ0) is 19.6. The zero-order valence-corrected chi connectivity index (χ0v) is 16.3. The number of thiophene rings is 1. The van der Waals surface area contributed by atoms with Crippen molar-refractivity contribution in [1.29, 1.82) is 0 Å². The van der Waals surface area contributed by atoms with E-state index < -0.39 is 24.3 Å². The molecule has 27 heavy (non-hydrogen) atoms. The van der Waals surface area contributed by atoms with Crippen LogP contribution in [0.3, 0.4) is 0 Å². The maximum Gasteiger partial charge on any atom is 0.303 e. The van der Waals surface area contributed by atoms with Crippen molar-refractivity contribution in [2.45, 2.75) is 63.3 Å². The molecule has 1 fully saturated rings. The van der Waals surface area contributed by atoms with Gasteiger partial charge in [0.05, 0.1) is 18.3 Å². The van der Waals surface area contributed by atoms with Crippen LogP contribution in [0.25, 0.3) is 0 Å². The quantitative estimate of drug-likeness (QED) is 0.341. The minimum absolute atomic E-state index is 0.0866. The molecule has 150 valence electrons. The summed E-state index contributed by atoms with van der Waals surface area (Å²) in [5.41, 5.74) is 0. The summed E-state index contributed by atoms with van der Waals surface area (Å²) in [5, 5.41) is 41.3. The van der Waals surface area contributed by atoms with E-state index in [1.807, 2.05) is 29.7 Å². The minimum Gasteiger partial charge on any atom is -0.481 e. The molecule has 1 aromatic rings. The molecule has 4 N–H and O–H groups in total. The number of carbonyl (C=O) groups is 1. The molecule has 2 rings (SSSR count). The van der Waals surface area contributed by atoms with Crippen molar-refractivity contribution in [3.8, 4) is 0 Å². The standard InChI is InChI=1S/C21H30O5S/c22-15(9-11-16-6-5-13-27-16)10-12-18-17(19(23)14-20(18)24)7-3-1-2-4-8-21(25)26/h1,3,5-6,10,12-13,15,17-20,22-24H,2,4,7-9,11,14H2,(H,25,26)/t15?,17-,18-,19?,20?/m1/s1. The summed E-state index contributed by atoms with van der Waals surface area (Å²) in [6.07, 6.45) is 9.63. The molecule has 0 spiro atoms. The van der Waals surface area contributed by atoms with Crippen molar-refractivity contribution in [1.82, 2.24) is 0 Å². The van der Waals surface area contributed by atoms with Gasteiger partial charge in [-0.1, -0.05) is 30.4 Å². The number of aliphatic carboxylic acids is 1. The molecule has 0 amide bonds. The molecule has 1 aliphatic carbocycles. The monoisotopic (exact) mass is 394 g/mol. The van der Waals surface area contributed by atoms with Crippen LogP contribution in [0.5, 0.6) is 0 Å². The molecule has 1 heterocycles. The van der Waals surface area contributed by atoms with Gasteiger partial charge in [-0.25, -0.2) is 0 Å². The van der Waals surface area contributed by atoms with E-state index in [-0.39, 0.29) is 18.3 Å². The highest BCUT2D eigenvalue weighted by molar-refractivity contribution is 7.09. The third-order valence-electron chi connectivity index (χ3n) is 5.07. The fraction of sp³-hybridized carbons (Fsp3) is 0.571. The Hall–Kier alpha value is -1.47. The van der Waals surface area contributed by atoms with Gasteiger partial charge in [0.25, 0.3) is 0 Å². The first-order valence-electron chi connectivity index (χ1n) is 9.59. The van der Waals surface area contributed by atoms with Crippen LogP contribution in [0.15, 0.2) is 41.8 Å². The Morgan fingerprint density at radius 2 is 2.11 bits per heavy atom. The lowest BCUT2D eigenvalue weighted by molar-refractivity contribution is -0.137. The molecule has 0 bridgehead atoms. The van der Waals surface area contributed by atoms with Gasteiger partial charge < -0.3 is 20.4 Å². The number of carboxylic acid groups (broad SMARTS) is 1. The predicted molar refractivity (Wildman–Crippen MR) is 107 cm³/mol. The van der Waals surface area contributed by atoms with Crippen molar-refractivity contribution in [3.05, 3.63) is 46.7 Å². The van der Waals surface area contributed by atoms with Gasteiger partial charge in [-0.05, 0) is 49.5 Å². The normalized spacial score (nSPS) is 26.9. The zero-order valence-electron chi connectivity index (χ0n) is 15.5. The number of allylic oxidation sites excluding steroid dienone is 2. The molecule has 0 saturated heterocycles. The molecular weight excluding hydrogens is 364 g/mol. The first-order chi connectivity index (χ1) is 13.0. The number of hydrogen-bond donors (Lipinski definition) is 4. The lowest BCUT2D eigenvalue weighted by Gasteiger charge is -2.19. The van der Waals surface area contributed by atoms with Gasteiger partial charge in [0.2, 0.25) is 0 Å². The van der Waals surface area contributed by atoms with Crippen LogP contribution in [0.1, 0.15) is 43.4 Å². The van der Waals surface area contributed by atoms with E-state index in [0.29, 0.717) is 32.1 Å². The first-order valence-corrected chi connectivity index (χ1v) is 10.5. The van der Waals surface area contributed by atoms with Crippen LogP contribution in [0.2, 0.25) is 0 Å². The fourth-order valence-corrected chi connectivity index (χ4v) is 4.27. The van der Waals surface area contributed by atoms with Crippen molar-refractivity contribution in [3.63, 3.8) is 0 Å². The Bertz CT molecular complexity index is 610. The molecule has 5 atom stereocenters. The lowest BCUT2D eigenvalue weighted by Crippen LogP contribution is -2.20. The van der Waals surface area contributed by atoms with Gasteiger partial charge in [0, 0.05) is 23.6 Å². The van der Waals surface area contributed by atoms with Crippen LogP contribution in [-0.2, 0) is 11.2 Å². The Morgan fingerprint density at radius 3 is 2.81 bits per heavy atom. The van der Waals surface area contributed by atoms with Gasteiger partial charge in [0.1, 0.15) is 0 Å². The molecule has 1 saturated carbocycles. The molecule has 0 radical (unpaired) electrons. The molecule has 0 aromatic carbocycles. The van der Waals surface area contributed by atoms with Crippen molar-refractivity contribution >= 4 is 17.3 Å². The maximum absolute atomic E-state index is 10.5. The Labute approximate surface area is 164 Å². The van der Waals surface area contributed by atoms with Crippen LogP contribution < -0.4 is 0 Å². The molecule has 1 aromatic heterocycles. The molecule has 3 unspecified atom stereocenters. The van der Waals surface area contributed by atoms with E-state index in [0.717, 1.165) is 6.42 Å². The highest BCUT2D eigenvalue weighted by Gasteiger charge is 2.39. The number of aliphatic hydroxyl groups is 3. The molecule has 5 nitrogen and oxygen atoms in total. The SMILES string of the molecule is O=C(O)CCCC=CC[C@H]1C(O)CC(O)[C@@H]1C=CC(O)CCc1cccs1. The van der Waals surface area contributed by atoms with E-state index in [4.69, 9.17) is 5.11 Å². The second-order valence-corrected chi connectivity index (χ2v) is 8.21. The van der Waals surface area contributed by atoms with Crippen LogP contribution in [0.4, 0.5) is 0 Å². The number of rotatable bonds is 11. The third kappa shape index (κ3) is 7.58. The summed E-state index contributed by atoms with van der Waals surface area (Å²) in [5.74, 6) is -1.06. The summed E-state index contributed by atoms with van der Waals surface area (Å²) in [6, 6.07) is 4.05. The van der Waals surface area contributed by atoms with E-state index >= 15 is 0 Å². The van der Waals surface area contributed by atoms with E-state index in [2.05, 4.69) is 6.07 Å². The fourth-order valence-electron chi connectivity index (χ4n) is 3.55. The van der Waals surface area contributed by atoms with Crippen LogP contribution >= 0.6 is 11.3 Å². The average molecular weight is 395 g/mol. The number of aliphatic hydroxyl groups excluding tert-OH is 3. The number of carboxylic acids is 1. The molecule has 0 aliphatic heterocycles. The second-order valence-electron chi connectivity index (χ2n) is 7.17. The minimum atomic E-state index is -0.791. The number of hydrogen-bond acceptors (Lipinski definition) is 5. The highest BCUT2D eigenvalue weighted by Crippen LogP contribution is 2.36. The first kappa shape index (κ1) is 21.8. The largest absolute Gasteiger partial charge is 0.481 e. The van der Waals surface area contributed by atoms with Gasteiger partial charge >= 0.3 is 5.97 Å². The van der Waals surface area contributed by atoms with E-state index in [9.17, 15) is 20.1 Å². The topological polar surface area (TPSA) is 98.0 Å². The van der Waals surface area contributed by atoms with Gasteiger partial charge in [-0.2, -0.15) is 0 Å². The molecule has 6 heteroatoms. The highest BCUT2D eigenvalue weighted by atomic mass is 32.1. The van der Waals surface area contributed by atoms with E-state index in [1.54, 1.807) is 17.4 Å². The average Bonchev–Trinajstić information content (AvgIpc) is 3.22. The summed E-state index contributed by atoms with van der Waals surface area (Å²) in [4.78, 5) is 11.7. The predicted octanol–water partition coefficient (Wildman–Crippen LogP) is 3.16. The Morgan fingerprint density at radius 1 is 1.30 bits per heavy atom. The summed E-state index contributed by atoms with van der Waals surface area (Å²) in [7, 11) is 0. The number of aryl methyl sites for hydroxylation is 1. The smallest absolute Gasteiger partial charge is 0.303 e. The van der Waals surface area contributed by atoms with Gasteiger partial charge in [0.15, 0.2) is 0 Å². The lowest BCUT2D eigenvalue weighted by atomic mass is 9.89.